The molecule has 2 rings (SSSR count). The molecule has 0 bridgehead atoms. The predicted molar refractivity (Wildman–Crippen MR) is 80.6 cm³/mol. The molecule has 0 aliphatic carbocycles. The summed E-state index contributed by atoms with van der Waals surface area (Å²) >= 11 is 5.68. The highest BCUT2D eigenvalue weighted by atomic mass is 35.5. The third kappa shape index (κ3) is 3.45. The largest absolute Gasteiger partial charge is 0.464 e. The van der Waals surface area contributed by atoms with Gasteiger partial charge in [-0.1, -0.05) is 6.07 Å². The van der Waals surface area contributed by atoms with Crippen LogP contribution >= 0.6 is 11.6 Å². The number of furan rings is 1. The van der Waals surface area contributed by atoms with Gasteiger partial charge in [0.25, 0.3) is 0 Å². The van der Waals surface area contributed by atoms with Crippen molar-refractivity contribution in [3.8, 4) is 0 Å². The van der Waals surface area contributed by atoms with Crippen molar-refractivity contribution in [1.29, 1.82) is 0 Å². The molecule has 0 spiro atoms. The normalized spacial score (nSPS) is 12.0. The zero-order valence-corrected chi connectivity index (χ0v) is 13.7. The summed E-state index contributed by atoms with van der Waals surface area (Å²) in [6, 6.07) is 6.99. The molecule has 0 amide bonds. The molecule has 0 aliphatic rings. The van der Waals surface area contributed by atoms with Crippen LogP contribution < -0.4 is 0 Å². The van der Waals surface area contributed by atoms with Gasteiger partial charge in [-0.3, -0.25) is 4.98 Å². The lowest BCUT2D eigenvalue weighted by atomic mass is 10.3. The molecule has 0 atom stereocenters. The molecule has 0 saturated heterocycles. The van der Waals surface area contributed by atoms with Crippen LogP contribution in [0.4, 0.5) is 0 Å². The highest BCUT2D eigenvalue weighted by Gasteiger charge is 2.26. The van der Waals surface area contributed by atoms with Gasteiger partial charge in [0, 0.05) is 18.8 Å². The number of hydrogen-bond donors (Lipinski definition) is 0. The Bertz CT molecular complexity index is 740. The molecule has 0 saturated carbocycles. The zero-order valence-electron chi connectivity index (χ0n) is 12.1. The molecule has 21 heavy (non-hydrogen) atoms. The van der Waals surface area contributed by atoms with Crippen molar-refractivity contribution in [2.75, 3.05) is 7.05 Å². The lowest BCUT2D eigenvalue weighted by Crippen LogP contribution is -2.27. The van der Waals surface area contributed by atoms with E-state index < -0.39 is 10.0 Å². The van der Waals surface area contributed by atoms with Gasteiger partial charge in [0.1, 0.15) is 16.4 Å². The second-order valence-electron chi connectivity index (χ2n) is 4.80. The maximum absolute atomic E-state index is 12.6. The van der Waals surface area contributed by atoms with Crippen molar-refractivity contribution in [3.63, 3.8) is 0 Å². The minimum absolute atomic E-state index is 0.138. The molecule has 114 valence electrons. The summed E-state index contributed by atoms with van der Waals surface area (Å²) in [6.45, 7) is 3.68. The van der Waals surface area contributed by atoms with E-state index in [9.17, 15) is 8.42 Å². The van der Waals surface area contributed by atoms with Gasteiger partial charge in [0.05, 0.1) is 18.1 Å². The van der Waals surface area contributed by atoms with Crippen LogP contribution in [0, 0.1) is 13.8 Å². The average molecular weight is 329 g/mol. The quantitative estimate of drug-likeness (QED) is 0.792. The van der Waals surface area contributed by atoms with Gasteiger partial charge in [-0.05, 0) is 26.0 Å². The first-order valence-corrected chi connectivity index (χ1v) is 8.36. The first-order valence-electron chi connectivity index (χ1n) is 6.38. The van der Waals surface area contributed by atoms with E-state index in [1.165, 1.54) is 17.4 Å². The molecule has 0 radical (unpaired) electrons. The summed E-state index contributed by atoms with van der Waals surface area (Å²) in [5.41, 5.74) is 1.54. The maximum Gasteiger partial charge on any atom is 0.246 e. The summed E-state index contributed by atoms with van der Waals surface area (Å²) < 4.78 is 31.7. The number of aryl methyl sites for hydroxylation is 2. The second-order valence-corrected chi connectivity index (χ2v) is 7.08. The van der Waals surface area contributed by atoms with Crippen LogP contribution in [0.5, 0.6) is 0 Å². The van der Waals surface area contributed by atoms with E-state index in [0.29, 0.717) is 17.2 Å². The summed E-state index contributed by atoms with van der Waals surface area (Å²) in [6.07, 6.45) is 0. The Morgan fingerprint density at radius 1 is 1.33 bits per heavy atom. The van der Waals surface area contributed by atoms with Gasteiger partial charge in [0.15, 0.2) is 0 Å². The number of halogens is 1. The van der Waals surface area contributed by atoms with Crippen molar-refractivity contribution in [3.05, 3.63) is 47.2 Å². The van der Waals surface area contributed by atoms with Gasteiger partial charge in [0.2, 0.25) is 10.0 Å². The third-order valence-electron chi connectivity index (χ3n) is 3.07. The maximum atomic E-state index is 12.6. The second kappa shape index (κ2) is 6.17. The van der Waals surface area contributed by atoms with Crippen molar-refractivity contribution >= 4 is 21.6 Å². The fourth-order valence-corrected chi connectivity index (χ4v) is 3.47. The van der Waals surface area contributed by atoms with Crippen LogP contribution in [0.2, 0.25) is 0 Å². The van der Waals surface area contributed by atoms with E-state index >= 15 is 0 Å². The molecule has 2 aromatic heterocycles. The molecule has 0 N–H and O–H groups in total. The minimum atomic E-state index is -3.63. The Kier molecular flexibility index (Phi) is 4.70. The summed E-state index contributed by atoms with van der Waals surface area (Å²) in [5, 5.41) is 0. The van der Waals surface area contributed by atoms with Gasteiger partial charge < -0.3 is 4.42 Å². The van der Waals surface area contributed by atoms with Crippen molar-refractivity contribution in [2.24, 2.45) is 0 Å². The van der Waals surface area contributed by atoms with E-state index in [-0.39, 0.29) is 17.3 Å². The Morgan fingerprint density at radius 2 is 2.05 bits per heavy atom. The van der Waals surface area contributed by atoms with Gasteiger partial charge >= 0.3 is 0 Å². The van der Waals surface area contributed by atoms with Crippen molar-refractivity contribution in [2.45, 2.75) is 31.2 Å². The van der Waals surface area contributed by atoms with Crippen LogP contribution in [0.25, 0.3) is 0 Å². The number of alkyl halides is 1. The highest BCUT2D eigenvalue weighted by Crippen LogP contribution is 2.24. The Hall–Kier alpha value is -1.37. The fraction of sp³-hybridized carbons (Fsp3) is 0.357. The molecular formula is C14H17ClN2O3S. The number of rotatable bonds is 5. The number of sulfonamides is 1. The molecular weight excluding hydrogens is 312 g/mol. The molecule has 2 aromatic rings. The Morgan fingerprint density at radius 3 is 2.62 bits per heavy atom. The molecule has 2 heterocycles. The molecule has 0 aromatic carbocycles. The zero-order chi connectivity index (χ0) is 15.6. The van der Waals surface area contributed by atoms with Crippen molar-refractivity contribution in [1.82, 2.24) is 9.29 Å². The number of nitrogens with zero attached hydrogens (tertiary/aromatic N) is 2. The number of hydrogen-bond acceptors (Lipinski definition) is 4. The first-order chi connectivity index (χ1) is 9.84. The fourth-order valence-electron chi connectivity index (χ4n) is 2.01. The van der Waals surface area contributed by atoms with Crippen LogP contribution in [0.3, 0.4) is 0 Å². The first kappa shape index (κ1) is 16.0. The molecule has 0 aliphatic heterocycles. The van der Waals surface area contributed by atoms with E-state index in [0.717, 1.165) is 5.69 Å². The monoisotopic (exact) mass is 328 g/mol. The van der Waals surface area contributed by atoms with E-state index in [1.54, 1.807) is 13.0 Å². The van der Waals surface area contributed by atoms with Crippen LogP contribution in [0.15, 0.2) is 33.6 Å². The van der Waals surface area contributed by atoms with Gasteiger partial charge in [-0.25, -0.2) is 8.42 Å². The van der Waals surface area contributed by atoms with Crippen LogP contribution in [-0.2, 0) is 22.4 Å². The van der Waals surface area contributed by atoms with Crippen molar-refractivity contribution < 1.29 is 12.8 Å². The van der Waals surface area contributed by atoms with Gasteiger partial charge in [-0.15, -0.1) is 11.6 Å². The van der Waals surface area contributed by atoms with Crippen LogP contribution in [0.1, 0.15) is 22.9 Å². The standard InChI is InChI=1S/C14H17ClN2O3S/c1-10-5-4-6-12(16-10)9-17(3)21(18,19)14-7-13(8-15)20-11(14)2/h4-7H,8-9H2,1-3H3. The molecule has 5 nitrogen and oxygen atoms in total. The highest BCUT2D eigenvalue weighted by molar-refractivity contribution is 7.89. The topological polar surface area (TPSA) is 63.4 Å². The lowest BCUT2D eigenvalue weighted by Gasteiger charge is -2.16. The molecule has 0 fully saturated rings. The minimum Gasteiger partial charge on any atom is -0.464 e. The molecule has 7 heteroatoms. The van der Waals surface area contributed by atoms with E-state index in [1.807, 2.05) is 19.1 Å². The Labute approximate surface area is 129 Å². The lowest BCUT2D eigenvalue weighted by molar-refractivity contribution is 0.455. The average Bonchev–Trinajstić information content (AvgIpc) is 2.80. The predicted octanol–water partition coefficient (Wildman–Crippen LogP) is 2.85. The molecule has 0 unspecified atom stereocenters. The SMILES string of the molecule is Cc1cccc(CN(C)S(=O)(=O)c2cc(CCl)oc2C)n1. The van der Waals surface area contributed by atoms with E-state index in [4.69, 9.17) is 16.0 Å². The number of pyridine rings is 1. The third-order valence-corrected chi connectivity index (χ3v) is 5.25. The Balaban J connectivity index is 2.28. The van der Waals surface area contributed by atoms with Gasteiger partial charge in [-0.2, -0.15) is 4.31 Å². The summed E-state index contributed by atoms with van der Waals surface area (Å²) in [7, 11) is -2.11. The van der Waals surface area contributed by atoms with Crippen LogP contribution in [-0.4, -0.2) is 24.8 Å². The smallest absolute Gasteiger partial charge is 0.246 e. The van der Waals surface area contributed by atoms with E-state index in [2.05, 4.69) is 4.98 Å². The summed E-state index contributed by atoms with van der Waals surface area (Å²) in [5.74, 6) is 0.920. The number of aromatic nitrogens is 1. The summed E-state index contributed by atoms with van der Waals surface area (Å²) in [4.78, 5) is 4.46.